The number of hydrogen-bond acceptors (Lipinski definition) is 5. The molecule has 0 aromatic carbocycles. The number of anilines is 2. The minimum absolute atomic E-state index is 0.156. The Bertz CT molecular complexity index is 387. The molecule has 0 saturated carbocycles. The van der Waals surface area contributed by atoms with Crippen LogP contribution < -0.4 is 11.1 Å². The number of carbonyl (C=O) groups is 1. The third kappa shape index (κ3) is 2.78. The first-order valence-electron chi connectivity index (χ1n) is 4.08. The van der Waals surface area contributed by atoms with Gasteiger partial charge in [0.25, 0.3) is 0 Å². The molecule has 0 aliphatic carbocycles. The van der Waals surface area contributed by atoms with Crippen molar-refractivity contribution in [1.82, 2.24) is 10.2 Å². The number of aromatic amines is 1. The van der Waals surface area contributed by atoms with Crippen LogP contribution in [0.1, 0.15) is 10.4 Å². The molecule has 0 fully saturated rings. The van der Waals surface area contributed by atoms with Crippen LogP contribution in [0, 0.1) is 0 Å². The summed E-state index contributed by atoms with van der Waals surface area (Å²) in [6.45, 7) is -1.32. The normalized spacial score (nSPS) is 11.2. The molecule has 0 unspecified atom stereocenters. The molecule has 16 heavy (non-hydrogen) atoms. The van der Waals surface area contributed by atoms with Crippen LogP contribution in [-0.4, -0.2) is 36.0 Å². The van der Waals surface area contributed by atoms with Crippen molar-refractivity contribution in [2.24, 2.45) is 0 Å². The van der Waals surface area contributed by atoms with Crippen molar-refractivity contribution in [1.29, 1.82) is 0 Å². The Morgan fingerprint density at radius 1 is 1.62 bits per heavy atom. The van der Waals surface area contributed by atoms with Crippen molar-refractivity contribution in [3.05, 3.63) is 5.56 Å². The molecule has 4 N–H and O–H groups in total. The number of nitrogens with two attached hydrogens (primary N) is 1. The molecule has 0 aliphatic rings. The molecule has 0 amide bonds. The average molecular weight is 238 g/mol. The fraction of sp³-hybridized carbons (Fsp3) is 0.429. The maximum Gasteiger partial charge on any atom is 0.405 e. The number of nitrogens with one attached hydrogen (secondary N) is 2. The molecule has 0 atom stereocenters. The Balaban J connectivity index is 2.85. The van der Waals surface area contributed by atoms with E-state index in [0.29, 0.717) is 0 Å². The Morgan fingerprint density at radius 3 is 2.75 bits per heavy atom. The van der Waals surface area contributed by atoms with E-state index in [1.165, 1.54) is 0 Å². The Hall–Kier alpha value is -1.93. The van der Waals surface area contributed by atoms with Crippen LogP contribution in [0.5, 0.6) is 0 Å². The van der Waals surface area contributed by atoms with Crippen LogP contribution in [-0.2, 0) is 4.74 Å². The van der Waals surface area contributed by atoms with Gasteiger partial charge in [-0.15, -0.1) is 0 Å². The van der Waals surface area contributed by atoms with Crippen LogP contribution >= 0.6 is 0 Å². The fourth-order valence-corrected chi connectivity index (χ4v) is 0.976. The smallest absolute Gasteiger partial charge is 0.405 e. The molecule has 9 heteroatoms. The van der Waals surface area contributed by atoms with Gasteiger partial charge in [0.1, 0.15) is 17.9 Å². The van der Waals surface area contributed by atoms with Gasteiger partial charge in [-0.05, 0) is 0 Å². The third-order valence-corrected chi connectivity index (χ3v) is 1.64. The summed E-state index contributed by atoms with van der Waals surface area (Å²) in [7, 11) is 1.09. The molecule has 0 aliphatic heterocycles. The number of hydrogen-bond donors (Lipinski definition) is 3. The lowest BCUT2D eigenvalue weighted by Gasteiger charge is -2.08. The van der Waals surface area contributed by atoms with E-state index in [4.69, 9.17) is 5.73 Å². The van der Waals surface area contributed by atoms with Gasteiger partial charge in [0, 0.05) is 0 Å². The number of aromatic nitrogens is 2. The van der Waals surface area contributed by atoms with Crippen LogP contribution in [0.4, 0.5) is 24.8 Å². The molecule has 1 aromatic rings. The minimum atomic E-state index is -4.42. The lowest BCUT2D eigenvalue weighted by Crippen LogP contribution is -2.22. The predicted octanol–water partition coefficient (Wildman–Crippen LogP) is 0.753. The quantitative estimate of drug-likeness (QED) is 0.676. The lowest BCUT2D eigenvalue weighted by atomic mass is 10.3. The van der Waals surface area contributed by atoms with Crippen molar-refractivity contribution >= 4 is 17.6 Å². The number of carbonyl (C=O) groups excluding carboxylic acids is 1. The van der Waals surface area contributed by atoms with E-state index in [1.807, 2.05) is 5.32 Å². The fourth-order valence-electron chi connectivity index (χ4n) is 0.976. The van der Waals surface area contributed by atoms with Crippen molar-refractivity contribution in [3.8, 4) is 0 Å². The second-order valence-electron chi connectivity index (χ2n) is 2.82. The van der Waals surface area contributed by atoms with Crippen molar-refractivity contribution in [2.45, 2.75) is 6.18 Å². The van der Waals surface area contributed by atoms with E-state index in [1.54, 1.807) is 0 Å². The summed E-state index contributed by atoms with van der Waals surface area (Å²) in [5.74, 6) is -1.31. The highest BCUT2D eigenvalue weighted by atomic mass is 19.4. The van der Waals surface area contributed by atoms with Gasteiger partial charge in [0.2, 0.25) is 0 Å². The van der Waals surface area contributed by atoms with Gasteiger partial charge >= 0.3 is 12.1 Å². The van der Waals surface area contributed by atoms with Gasteiger partial charge in [0.05, 0.1) is 7.11 Å². The molecule has 90 valence electrons. The molecular formula is C7H9F3N4O2. The van der Waals surface area contributed by atoms with E-state index in [9.17, 15) is 18.0 Å². The first-order valence-corrected chi connectivity index (χ1v) is 4.08. The lowest BCUT2D eigenvalue weighted by molar-refractivity contribution is -0.115. The Labute approximate surface area is 87.9 Å². The average Bonchev–Trinajstić information content (AvgIpc) is 2.54. The van der Waals surface area contributed by atoms with Gasteiger partial charge in [-0.25, -0.2) is 4.79 Å². The third-order valence-electron chi connectivity index (χ3n) is 1.64. The zero-order chi connectivity index (χ0) is 12.3. The second kappa shape index (κ2) is 4.29. The van der Waals surface area contributed by atoms with E-state index >= 15 is 0 Å². The second-order valence-corrected chi connectivity index (χ2v) is 2.82. The molecule has 0 spiro atoms. The van der Waals surface area contributed by atoms with Gasteiger partial charge in [-0.2, -0.15) is 18.3 Å². The Morgan fingerprint density at radius 2 is 2.25 bits per heavy atom. The number of nitrogen functional groups attached to an aromatic ring is 1. The molecule has 1 heterocycles. The number of alkyl halides is 3. The summed E-state index contributed by atoms with van der Waals surface area (Å²) in [5.41, 5.74) is 5.07. The molecule has 0 saturated heterocycles. The number of H-pyrrole nitrogens is 1. The molecule has 0 radical (unpaired) electrons. The molecular weight excluding hydrogens is 229 g/mol. The summed E-state index contributed by atoms with van der Waals surface area (Å²) in [5, 5.41) is 7.55. The predicted molar refractivity (Wildman–Crippen MR) is 48.9 cm³/mol. The van der Waals surface area contributed by atoms with E-state index < -0.39 is 18.7 Å². The van der Waals surface area contributed by atoms with Crippen molar-refractivity contribution in [3.63, 3.8) is 0 Å². The highest BCUT2D eigenvalue weighted by Gasteiger charge is 2.29. The zero-order valence-corrected chi connectivity index (χ0v) is 8.18. The number of rotatable bonds is 3. The van der Waals surface area contributed by atoms with Crippen LogP contribution in [0.25, 0.3) is 0 Å². The maximum absolute atomic E-state index is 11.9. The van der Waals surface area contributed by atoms with Crippen LogP contribution in [0.15, 0.2) is 0 Å². The largest absolute Gasteiger partial charge is 0.465 e. The number of esters is 1. The highest BCUT2D eigenvalue weighted by Crippen LogP contribution is 2.21. The van der Waals surface area contributed by atoms with Crippen molar-refractivity contribution < 1.29 is 22.7 Å². The number of halogens is 3. The molecule has 1 rings (SSSR count). The van der Waals surface area contributed by atoms with E-state index in [2.05, 4.69) is 14.9 Å². The first-order chi connectivity index (χ1) is 7.35. The van der Waals surface area contributed by atoms with Gasteiger partial charge in [0.15, 0.2) is 5.82 Å². The minimum Gasteiger partial charge on any atom is -0.465 e. The summed E-state index contributed by atoms with van der Waals surface area (Å²) in [6.07, 6.45) is -4.42. The zero-order valence-electron chi connectivity index (χ0n) is 8.18. The van der Waals surface area contributed by atoms with Gasteiger partial charge in [-0.3, -0.25) is 5.10 Å². The summed E-state index contributed by atoms with van der Waals surface area (Å²) in [6, 6.07) is 0. The highest BCUT2D eigenvalue weighted by molar-refractivity contribution is 5.99. The number of methoxy groups -OCH3 is 1. The SMILES string of the molecule is COC(=O)c1c(NCC(F)(F)F)n[nH]c1N. The van der Waals surface area contributed by atoms with E-state index in [-0.39, 0.29) is 17.2 Å². The molecule has 0 bridgehead atoms. The Kier molecular flexibility index (Phi) is 3.25. The molecule has 1 aromatic heterocycles. The molecule has 6 nitrogen and oxygen atoms in total. The van der Waals surface area contributed by atoms with Crippen LogP contribution in [0.2, 0.25) is 0 Å². The number of nitrogens with zero attached hydrogens (tertiary/aromatic N) is 1. The first kappa shape index (κ1) is 12.1. The maximum atomic E-state index is 11.9. The topological polar surface area (TPSA) is 93.0 Å². The standard InChI is InChI=1S/C7H9F3N4O2/c1-16-6(15)3-4(11)13-14-5(3)12-2-7(8,9)10/h2H2,1H3,(H4,11,12,13,14). The van der Waals surface area contributed by atoms with E-state index in [0.717, 1.165) is 7.11 Å². The summed E-state index contributed by atoms with van der Waals surface area (Å²) < 4.78 is 40.1. The van der Waals surface area contributed by atoms with Gasteiger partial charge in [-0.1, -0.05) is 0 Å². The van der Waals surface area contributed by atoms with Gasteiger partial charge < -0.3 is 15.8 Å². The van der Waals surface area contributed by atoms with Crippen LogP contribution in [0.3, 0.4) is 0 Å². The monoisotopic (exact) mass is 238 g/mol. The summed E-state index contributed by atoms with van der Waals surface area (Å²) >= 11 is 0. The summed E-state index contributed by atoms with van der Waals surface area (Å²) in [4.78, 5) is 11.2. The number of ether oxygens (including phenoxy) is 1. The van der Waals surface area contributed by atoms with Crippen molar-refractivity contribution in [2.75, 3.05) is 24.7 Å².